The lowest BCUT2D eigenvalue weighted by atomic mass is 10.0. The summed E-state index contributed by atoms with van der Waals surface area (Å²) in [6.07, 6.45) is 5.52. The summed E-state index contributed by atoms with van der Waals surface area (Å²) in [6.45, 7) is 2.83. The first-order chi connectivity index (χ1) is 23.5. The van der Waals surface area contributed by atoms with Crippen LogP contribution < -0.4 is 26.6 Å². The van der Waals surface area contributed by atoms with E-state index in [1.54, 1.807) is 41.6 Å². The quantitative estimate of drug-likeness (QED) is 0.0866. The zero-order chi connectivity index (χ0) is 35.3. The van der Waals surface area contributed by atoms with Crippen LogP contribution in [0.1, 0.15) is 30.4 Å². The largest absolute Gasteiger partial charge is 0.506 e. The molecule has 1 fully saturated rings. The maximum Gasteiger partial charge on any atom is 0.315 e. The van der Waals surface area contributed by atoms with Crippen LogP contribution in [-0.4, -0.2) is 89.1 Å². The number of nitro groups is 1. The van der Waals surface area contributed by atoms with Gasteiger partial charge in [-0.15, -0.1) is 0 Å². The van der Waals surface area contributed by atoms with Gasteiger partial charge in [0, 0.05) is 69.4 Å². The molecule has 1 aliphatic rings. The number of amides is 4. The summed E-state index contributed by atoms with van der Waals surface area (Å²) < 4.78 is 0.802. The first kappa shape index (κ1) is 37.5. The number of phenolic OH excluding ortho intramolecular Hbond substituents is 1. The molecule has 0 aliphatic carbocycles. The highest BCUT2D eigenvalue weighted by atomic mass is 79.9. The van der Waals surface area contributed by atoms with Crippen molar-refractivity contribution in [2.45, 2.75) is 44.2 Å². The number of phenols is 1. The Kier molecular flexibility index (Phi) is 14.2. The number of halogens is 2. The molecule has 0 spiro atoms. The molecule has 16 heteroatoms. The van der Waals surface area contributed by atoms with Gasteiger partial charge in [0.1, 0.15) is 17.8 Å². The molecule has 0 saturated carbocycles. The monoisotopic (exact) mass is 802 g/mol. The Balaban J connectivity index is 1.45. The SMILES string of the molecule is NCCCC[C@H](NC(=O)[C@H](Cc1cc(Br)c(O)c(Br)c1)NC(=O)NCCc1cccc([N+](=O)[O-])c1)C(=O)N1CCN(c2ccncc2)CC1. The van der Waals surface area contributed by atoms with E-state index in [0.717, 1.165) is 5.69 Å². The van der Waals surface area contributed by atoms with Crippen LogP contribution in [0.25, 0.3) is 0 Å². The predicted molar refractivity (Wildman–Crippen MR) is 192 cm³/mol. The second-order valence-electron chi connectivity index (χ2n) is 11.6. The van der Waals surface area contributed by atoms with E-state index < -0.39 is 28.9 Å². The number of carbonyl (C=O) groups is 3. The number of nitrogens with two attached hydrogens (primary N) is 1. The number of aromatic nitrogens is 1. The van der Waals surface area contributed by atoms with Gasteiger partial charge in [-0.25, -0.2) is 4.79 Å². The number of unbranched alkanes of at least 4 members (excludes halogenated alkanes) is 1. The fourth-order valence-electron chi connectivity index (χ4n) is 5.52. The highest BCUT2D eigenvalue weighted by Gasteiger charge is 2.31. The van der Waals surface area contributed by atoms with Crippen LogP contribution in [0.4, 0.5) is 16.2 Å². The normalized spacial score (nSPS) is 14.1. The van der Waals surface area contributed by atoms with E-state index in [9.17, 15) is 29.6 Å². The Morgan fingerprint density at radius 1 is 0.959 bits per heavy atom. The number of aromatic hydroxyl groups is 1. The average Bonchev–Trinajstić information content (AvgIpc) is 3.10. The highest BCUT2D eigenvalue weighted by molar-refractivity contribution is 9.11. The van der Waals surface area contributed by atoms with Crippen LogP contribution in [0.3, 0.4) is 0 Å². The molecule has 2 aromatic carbocycles. The lowest BCUT2D eigenvalue weighted by Gasteiger charge is -2.37. The topological polar surface area (TPSA) is 196 Å². The number of rotatable bonds is 15. The summed E-state index contributed by atoms with van der Waals surface area (Å²) in [4.78, 5) is 59.4. The molecule has 2 heterocycles. The van der Waals surface area contributed by atoms with E-state index in [4.69, 9.17) is 5.73 Å². The highest BCUT2D eigenvalue weighted by Crippen LogP contribution is 2.33. The van der Waals surface area contributed by atoms with Crippen LogP contribution in [0.5, 0.6) is 5.75 Å². The van der Waals surface area contributed by atoms with E-state index in [2.05, 4.69) is 57.7 Å². The number of anilines is 1. The zero-order valence-electron chi connectivity index (χ0n) is 26.8. The molecule has 4 amide bonds. The standard InChI is InChI=1S/C33H40Br2N8O6/c34-26-19-23(20-27(35)30(26)44)21-29(40-33(47)38-13-7-22-4-3-5-25(18-22)43(48)49)31(45)39-28(6-1-2-10-36)32(46)42-16-14-41(15-17-42)24-8-11-37-12-9-24/h3-5,8-9,11-12,18-20,28-29,44H,1-2,6-7,10,13-17,21,36H2,(H,39,45)(H2,38,40,47)/t28-,29-/m0/s1. The number of hydrogen-bond acceptors (Lipinski definition) is 9. The van der Waals surface area contributed by atoms with Crippen LogP contribution in [0.2, 0.25) is 0 Å². The van der Waals surface area contributed by atoms with Gasteiger partial charge in [0.15, 0.2) is 0 Å². The number of benzene rings is 2. The number of nitrogens with one attached hydrogen (secondary N) is 3. The van der Waals surface area contributed by atoms with Crippen molar-refractivity contribution in [3.8, 4) is 5.75 Å². The predicted octanol–water partition coefficient (Wildman–Crippen LogP) is 3.64. The van der Waals surface area contributed by atoms with Crippen molar-refractivity contribution in [2.24, 2.45) is 5.73 Å². The molecule has 1 saturated heterocycles. The van der Waals surface area contributed by atoms with Gasteiger partial charge in [-0.2, -0.15) is 0 Å². The van der Waals surface area contributed by atoms with Gasteiger partial charge in [0.2, 0.25) is 11.8 Å². The van der Waals surface area contributed by atoms with Crippen molar-refractivity contribution in [1.29, 1.82) is 0 Å². The van der Waals surface area contributed by atoms with Gasteiger partial charge < -0.3 is 36.6 Å². The summed E-state index contributed by atoms with van der Waals surface area (Å²) in [5.41, 5.74) is 8.01. The summed E-state index contributed by atoms with van der Waals surface area (Å²) in [5.74, 6) is -0.753. The fourth-order valence-corrected chi connectivity index (χ4v) is 6.80. The molecule has 0 unspecified atom stereocenters. The molecular formula is C33H40Br2N8O6. The minimum Gasteiger partial charge on any atom is -0.506 e. The van der Waals surface area contributed by atoms with Crippen molar-refractivity contribution in [1.82, 2.24) is 25.8 Å². The zero-order valence-corrected chi connectivity index (χ0v) is 30.0. The number of nitro benzene ring substituents is 1. The lowest BCUT2D eigenvalue weighted by molar-refractivity contribution is -0.384. The van der Waals surface area contributed by atoms with Crippen LogP contribution >= 0.6 is 31.9 Å². The molecule has 1 aromatic heterocycles. The molecule has 49 heavy (non-hydrogen) atoms. The third kappa shape index (κ3) is 11.1. The van der Waals surface area contributed by atoms with Crippen molar-refractivity contribution in [2.75, 3.05) is 44.2 Å². The van der Waals surface area contributed by atoms with Gasteiger partial charge in [-0.3, -0.25) is 24.7 Å². The van der Waals surface area contributed by atoms with Crippen molar-refractivity contribution >= 4 is 61.1 Å². The number of non-ortho nitro benzene ring substituents is 1. The Morgan fingerprint density at radius 2 is 1.65 bits per heavy atom. The van der Waals surface area contributed by atoms with E-state index in [-0.39, 0.29) is 30.3 Å². The molecular weight excluding hydrogens is 764 g/mol. The minimum absolute atomic E-state index is 0.00815. The van der Waals surface area contributed by atoms with Gasteiger partial charge >= 0.3 is 6.03 Å². The van der Waals surface area contributed by atoms with E-state index in [1.807, 2.05) is 12.1 Å². The molecule has 2 atom stereocenters. The smallest absolute Gasteiger partial charge is 0.315 e. The Morgan fingerprint density at radius 3 is 2.31 bits per heavy atom. The summed E-state index contributed by atoms with van der Waals surface area (Å²) in [7, 11) is 0. The maximum atomic E-state index is 13.9. The van der Waals surface area contributed by atoms with E-state index in [0.29, 0.717) is 78.5 Å². The molecule has 6 N–H and O–H groups in total. The van der Waals surface area contributed by atoms with E-state index in [1.165, 1.54) is 12.1 Å². The van der Waals surface area contributed by atoms with E-state index >= 15 is 0 Å². The first-order valence-electron chi connectivity index (χ1n) is 15.9. The third-order valence-electron chi connectivity index (χ3n) is 8.14. The molecule has 262 valence electrons. The number of urea groups is 1. The fraction of sp³-hybridized carbons (Fsp3) is 0.394. The van der Waals surface area contributed by atoms with Crippen molar-refractivity contribution in [3.05, 3.63) is 91.1 Å². The number of nitrogens with zero attached hydrogens (tertiary/aromatic N) is 4. The Labute approximate surface area is 301 Å². The van der Waals surface area contributed by atoms with Crippen molar-refractivity contribution in [3.63, 3.8) is 0 Å². The molecule has 0 radical (unpaired) electrons. The number of pyridine rings is 1. The molecule has 1 aliphatic heterocycles. The Hall–Kier alpha value is -4.28. The maximum absolute atomic E-state index is 13.9. The average molecular weight is 805 g/mol. The first-order valence-corrected chi connectivity index (χ1v) is 17.5. The molecule has 4 rings (SSSR count). The second-order valence-corrected chi connectivity index (χ2v) is 13.3. The number of hydrogen-bond donors (Lipinski definition) is 5. The number of piperazine rings is 1. The molecule has 3 aromatic rings. The molecule has 14 nitrogen and oxygen atoms in total. The summed E-state index contributed by atoms with van der Waals surface area (Å²) >= 11 is 6.63. The van der Waals surface area contributed by atoms with Crippen LogP contribution in [0, 0.1) is 10.1 Å². The second kappa shape index (κ2) is 18.5. The van der Waals surface area contributed by atoms with Gasteiger partial charge in [0.05, 0.1) is 13.9 Å². The van der Waals surface area contributed by atoms with Crippen LogP contribution in [0.15, 0.2) is 69.9 Å². The lowest BCUT2D eigenvalue weighted by Crippen LogP contribution is -2.58. The Bertz CT molecular complexity index is 1580. The summed E-state index contributed by atoms with van der Waals surface area (Å²) in [6, 6.07) is 10.7. The number of carbonyl (C=O) groups excluding carboxylic acids is 3. The molecule has 0 bridgehead atoms. The van der Waals surface area contributed by atoms with Gasteiger partial charge in [-0.05, 0) is 99.5 Å². The summed E-state index contributed by atoms with van der Waals surface area (Å²) in [5, 5.41) is 29.7. The van der Waals surface area contributed by atoms with Gasteiger partial charge in [-0.1, -0.05) is 12.1 Å². The van der Waals surface area contributed by atoms with Gasteiger partial charge in [0.25, 0.3) is 5.69 Å². The van der Waals surface area contributed by atoms with Crippen molar-refractivity contribution < 1.29 is 24.4 Å². The van der Waals surface area contributed by atoms with Crippen LogP contribution in [-0.2, 0) is 22.4 Å². The third-order valence-corrected chi connectivity index (χ3v) is 9.35. The minimum atomic E-state index is -1.09.